The second-order valence-corrected chi connectivity index (χ2v) is 7.33. The monoisotopic (exact) mass is 362 g/mol. The minimum absolute atomic E-state index is 0.429. The van der Waals surface area contributed by atoms with Crippen LogP contribution in [0.15, 0.2) is 23.0 Å². The average molecular weight is 363 g/mol. The maximum absolute atomic E-state index is 6.15. The van der Waals surface area contributed by atoms with Crippen molar-refractivity contribution in [3.63, 3.8) is 0 Å². The standard InChI is InChI=1S/C14H11ClN6S2/c1-7-8(2)23-13-10(7)12(16-6-17-13)20-18-5-9-11(15)19-14-21(9)3-4-22-14/h3-6H,1-2H3,(H,16,17,20)/b18-5-. The van der Waals surface area contributed by atoms with Crippen LogP contribution in [0.25, 0.3) is 15.2 Å². The first kappa shape index (κ1) is 14.6. The van der Waals surface area contributed by atoms with Crippen molar-refractivity contribution in [1.82, 2.24) is 19.4 Å². The van der Waals surface area contributed by atoms with Gasteiger partial charge < -0.3 is 0 Å². The van der Waals surface area contributed by atoms with Gasteiger partial charge in [-0.15, -0.1) is 22.7 Å². The van der Waals surface area contributed by atoms with Crippen LogP contribution in [0.2, 0.25) is 5.15 Å². The van der Waals surface area contributed by atoms with E-state index >= 15 is 0 Å². The summed E-state index contributed by atoms with van der Waals surface area (Å²) in [5.41, 5.74) is 4.90. The maximum Gasteiger partial charge on any atom is 0.195 e. The number of nitrogens with zero attached hydrogens (tertiary/aromatic N) is 5. The van der Waals surface area contributed by atoms with E-state index in [1.54, 1.807) is 23.9 Å². The van der Waals surface area contributed by atoms with Gasteiger partial charge in [-0.25, -0.2) is 15.0 Å². The van der Waals surface area contributed by atoms with E-state index in [2.05, 4.69) is 39.3 Å². The Morgan fingerprint density at radius 3 is 3.09 bits per heavy atom. The first-order chi connectivity index (χ1) is 11.1. The fraction of sp³-hybridized carbons (Fsp3) is 0.143. The lowest BCUT2D eigenvalue weighted by molar-refractivity contribution is 1.18. The van der Waals surface area contributed by atoms with Crippen molar-refractivity contribution in [3.8, 4) is 0 Å². The van der Waals surface area contributed by atoms with Crippen LogP contribution in [-0.4, -0.2) is 25.6 Å². The van der Waals surface area contributed by atoms with Crippen molar-refractivity contribution in [2.75, 3.05) is 5.43 Å². The van der Waals surface area contributed by atoms with Crippen LogP contribution in [0.3, 0.4) is 0 Å². The number of rotatable bonds is 3. The van der Waals surface area contributed by atoms with Gasteiger partial charge in [0, 0.05) is 16.5 Å². The Labute approximate surface area is 144 Å². The lowest BCUT2D eigenvalue weighted by atomic mass is 10.2. The fourth-order valence-corrected chi connectivity index (χ4v) is 4.30. The lowest BCUT2D eigenvalue weighted by Gasteiger charge is -2.01. The highest BCUT2D eigenvalue weighted by atomic mass is 35.5. The van der Waals surface area contributed by atoms with Gasteiger partial charge in [0.15, 0.2) is 15.9 Å². The van der Waals surface area contributed by atoms with E-state index in [0.717, 1.165) is 20.9 Å². The maximum atomic E-state index is 6.15. The molecule has 0 unspecified atom stereocenters. The van der Waals surface area contributed by atoms with Gasteiger partial charge in [-0.05, 0) is 19.4 Å². The summed E-state index contributed by atoms with van der Waals surface area (Å²) in [5.74, 6) is 0.690. The summed E-state index contributed by atoms with van der Waals surface area (Å²) >= 11 is 9.32. The summed E-state index contributed by atoms with van der Waals surface area (Å²) in [6, 6.07) is 0. The highest BCUT2D eigenvalue weighted by Crippen LogP contribution is 2.32. The van der Waals surface area contributed by atoms with E-state index in [1.165, 1.54) is 21.8 Å². The molecule has 4 heterocycles. The number of hydrogen-bond donors (Lipinski definition) is 1. The third-order valence-electron chi connectivity index (χ3n) is 3.58. The molecule has 0 saturated carbocycles. The van der Waals surface area contributed by atoms with E-state index in [-0.39, 0.29) is 0 Å². The van der Waals surface area contributed by atoms with Crippen LogP contribution < -0.4 is 5.43 Å². The van der Waals surface area contributed by atoms with Crippen LogP contribution in [0.4, 0.5) is 5.82 Å². The van der Waals surface area contributed by atoms with Crippen molar-refractivity contribution in [1.29, 1.82) is 0 Å². The summed E-state index contributed by atoms with van der Waals surface area (Å²) in [6.45, 7) is 4.14. The number of aryl methyl sites for hydroxylation is 2. The van der Waals surface area contributed by atoms with Gasteiger partial charge in [-0.3, -0.25) is 9.83 Å². The molecule has 0 radical (unpaired) electrons. The zero-order valence-corrected chi connectivity index (χ0v) is 14.6. The molecule has 0 aliphatic rings. The topological polar surface area (TPSA) is 67.5 Å². The lowest BCUT2D eigenvalue weighted by Crippen LogP contribution is -1.97. The predicted molar refractivity (Wildman–Crippen MR) is 96.2 cm³/mol. The number of aromatic nitrogens is 4. The van der Waals surface area contributed by atoms with Gasteiger partial charge in [0.2, 0.25) is 0 Å². The van der Waals surface area contributed by atoms with E-state index in [1.807, 2.05) is 16.0 Å². The Kier molecular flexibility index (Phi) is 3.51. The first-order valence-corrected chi connectivity index (χ1v) is 8.83. The van der Waals surface area contributed by atoms with Crippen molar-refractivity contribution < 1.29 is 0 Å². The zero-order chi connectivity index (χ0) is 16.0. The van der Waals surface area contributed by atoms with E-state index in [0.29, 0.717) is 11.0 Å². The smallest absolute Gasteiger partial charge is 0.195 e. The number of nitrogens with one attached hydrogen (secondary N) is 1. The van der Waals surface area contributed by atoms with Crippen LogP contribution in [0.1, 0.15) is 16.1 Å². The second kappa shape index (κ2) is 5.55. The van der Waals surface area contributed by atoms with Gasteiger partial charge in [0.1, 0.15) is 16.9 Å². The average Bonchev–Trinajstić information content (AvgIpc) is 3.16. The number of hydrazone groups is 1. The van der Waals surface area contributed by atoms with E-state index in [4.69, 9.17) is 11.6 Å². The molecule has 0 aliphatic carbocycles. The Bertz CT molecular complexity index is 1040. The molecule has 6 nitrogen and oxygen atoms in total. The molecular weight excluding hydrogens is 352 g/mol. The van der Waals surface area contributed by atoms with Crippen molar-refractivity contribution in [3.05, 3.63) is 39.2 Å². The number of imidazole rings is 1. The molecule has 0 saturated heterocycles. The van der Waals surface area contributed by atoms with Gasteiger partial charge in [0.25, 0.3) is 0 Å². The van der Waals surface area contributed by atoms with Crippen LogP contribution >= 0.6 is 34.3 Å². The Hall–Kier alpha value is -2.03. The van der Waals surface area contributed by atoms with Gasteiger partial charge in [0.05, 0.1) is 11.6 Å². The Balaban J connectivity index is 1.69. The first-order valence-electron chi connectivity index (χ1n) is 6.76. The van der Waals surface area contributed by atoms with E-state index < -0.39 is 0 Å². The number of fused-ring (bicyclic) bond motifs is 2. The van der Waals surface area contributed by atoms with Crippen LogP contribution in [-0.2, 0) is 0 Å². The normalized spacial score (nSPS) is 12.0. The minimum atomic E-state index is 0.429. The molecule has 0 fully saturated rings. The quantitative estimate of drug-likeness (QED) is 0.439. The summed E-state index contributed by atoms with van der Waals surface area (Å²) < 4.78 is 1.90. The molecule has 0 bridgehead atoms. The highest BCUT2D eigenvalue weighted by molar-refractivity contribution is 7.18. The molecular formula is C14H11ClN6S2. The summed E-state index contributed by atoms with van der Waals surface area (Å²) in [7, 11) is 0. The fourth-order valence-electron chi connectivity index (χ4n) is 2.31. The number of anilines is 1. The largest absolute Gasteiger partial charge is 0.288 e. The predicted octanol–water partition coefficient (Wildman–Crippen LogP) is 4.12. The molecule has 0 atom stereocenters. The summed E-state index contributed by atoms with van der Waals surface area (Å²) in [5, 5.41) is 7.66. The van der Waals surface area contributed by atoms with Crippen molar-refractivity contribution in [2.24, 2.45) is 5.10 Å². The van der Waals surface area contributed by atoms with Crippen molar-refractivity contribution >= 4 is 61.5 Å². The highest BCUT2D eigenvalue weighted by Gasteiger charge is 2.12. The molecule has 9 heteroatoms. The molecule has 4 rings (SSSR count). The number of thiophene rings is 1. The van der Waals surface area contributed by atoms with Gasteiger partial charge in [-0.2, -0.15) is 5.10 Å². The third kappa shape index (κ3) is 2.39. The minimum Gasteiger partial charge on any atom is -0.288 e. The third-order valence-corrected chi connectivity index (χ3v) is 5.73. The van der Waals surface area contributed by atoms with Gasteiger partial charge in [-0.1, -0.05) is 11.6 Å². The van der Waals surface area contributed by atoms with Crippen LogP contribution in [0, 0.1) is 13.8 Å². The number of halogens is 1. The molecule has 0 aromatic carbocycles. The van der Waals surface area contributed by atoms with Gasteiger partial charge >= 0.3 is 0 Å². The SMILES string of the molecule is Cc1sc2ncnc(N/N=C\c3c(Cl)nc4sccn34)c2c1C. The summed E-state index contributed by atoms with van der Waals surface area (Å²) in [4.78, 5) is 15.9. The molecule has 1 N–H and O–H groups in total. The Morgan fingerprint density at radius 1 is 1.35 bits per heavy atom. The number of hydrogen-bond acceptors (Lipinski definition) is 7. The molecule has 0 spiro atoms. The molecule has 23 heavy (non-hydrogen) atoms. The molecule has 4 aromatic rings. The van der Waals surface area contributed by atoms with Crippen LogP contribution in [0.5, 0.6) is 0 Å². The van der Waals surface area contributed by atoms with E-state index in [9.17, 15) is 0 Å². The number of thiazole rings is 1. The molecule has 0 aliphatic heterocycles. The molecule has 116 valence electrons. The molecule has 0 amide bonds. The van der Waals surface area contributed by atoms with Crippen molar-refractivity contribution in [2.45, 2.75) is 13.8 Å². The summed E-state index contributed by atoms with van der Waals surface area (Å²) in [6.07, 6.45) is 5.10. The molecule has 4 aromatic heterocycles. The Morgan fingerprint density at radius 2 is 2.22 bits per heavy atom. The second-order valence-electron chi connectivity index (χ2n) is 4.90. The zero-order valence-electron chi connectivity index (χ0n) is 12.2.